The minimum absolute atomic E-state index is 0.101. The fourth-order valence-electron chi connectivity index (χ4n) is 2.33. The molecule has 24 heavy (non-hydrogen) atoms. The summed E-state index contributed by atoms with van der Waals surface area (Å²) in [6.45, 7) is 3.56. The Hall–Kier alpha value is -1.74. The number of nitrogens with one attached hydrogen (secondary N) is 1. The largest absolute Gasteiger partial charge is 0.423 e. The highest BCUT2D eigenvalue weighted by Gasteiger charge is 2.39. The first-order chi connectivity index (χ1) is 11.1. The third-order valence-corrected chi connectivity index (χ3v) is 5.01. The molecule has 0 saturated heterocycles. The average Bonchev–Trinajstić information content (AvgIpc) is 2.89. The molecule has 2 rings (SSSR count). The Morgan fingerprint density at radius 1 is 1.33 bits per heavy atom. The van der Waals surface area contributed by atoms with E-state index in [1.807, 2.05) is 6.92 Å². The first-order valence-electron chi connectivity index (χ1n) is 7.25. The molecule has 0 amide bonds. The van der Waals surface area contributed by atoms with E-state index in [0.717, 1.165) is 18.2 Å². The smallest absolute Gasteiger partial charge is 0.383 e. The van der Waals surface area contributed by atoms with Crippen LogP contribution in [0.5, 0.6) is 0 Å². The molecule has 0 aliphatic rings. The van der Waals surface area contributed by atoms with E-state index < -0.39 is 28.0 Å². The number of halogens is 3. The van der Waals surface area contributed by atoms with Crippen LogP contribution in [-0.4, -0.2) is 26.5 Å². The lowest BCUT2D eigenvalue weighted by Crippen LogP contribution is -2.24. The number of aromatic amines is 1. The quantitative estimate of drug-likeness (QED) is 0.452. The van der Waals surface area contributed by atoms with Crippen molar-refractivity contribution in [3.8, 4) is 0 Å². The number of hydrogen-bond donors (Lipinski definition) is 2. The van der Waals surface area contributed by atoms with E-state index in [4.69, 9.17) is 0 Å². The van der Waals surface area contributed by atoms with Crippen LogP contribution in [0.15, 0.2) is 18.2 Å². The Kier molecular flexibility index (Phi) is 5.14. The second kappa shape index (κ2) is 6.64. The number of rotatable bonds is 6. The molecule has 0 spiro atoms. The molecule has 2 aromatic rings. The maximum atomic E-state index is 13.0. The minimum Gasteiger partial charge on any atom is -0.383 e. The van der Waals surface area contributed by atoms with Crippen molar-refractivity contribution in [2.75, 3.05) is 11.5 Å². The summed E-state index contributed by atoms with van der Waals surface area (Å²) in [4.78, 5) is 12.6. The fraction of sp³-hybridized carbons (Fsp3) is 0.467. The summed E-state index contributed by atoms with van der Waals surface area (Å²) < 4.78 is 39.0. The van der Waals surface area contributed by atoms with Crippen molar-refractivity contribution in [3.63, 3.8) is 0 Å². The lowest BCUT2D eigenvalue weighted by molar-refractivity contribution is -0.387. The summed E-state index contributed by atoms with van der Waals surface area (Å²) >= 11 is 1.52. The maximum absolute atomic E-state index is 13.0. The van der Waals surface area contributed by atoms with Gasteiger partial charge in [0.2, 0.25) is 0 Å². The van der Waals surface area contributed by atoms with Crippen LogP contribution in [0.25, 0.3) is 10.9 Å². The molecule has 0 fully saturated rings. The summed E-state index contributed by atoms with van der Waals surface area (Å²) in [6, 6.07) is 3.05. The summed E-state index contributed by atoms with van der Waals surface area (Å²) in [5, 5.41) is 21.7. The highest BCUT2D eigenvalue weighted by Crippen LogP contribution is 2.39. The van der Waals surface area contributed by atoms with E-state index in [1.54, 1.807) is 6.92 Å². The molecule has 0 aliphatic heterocycles. The minimum atomic E-state index is -4.83. The highest BCUT2D eigenvalue weighted by atomic mass is 32.2. The maximum Gasteiger partial charge on any atom is 0.423 e. The number of aliphatic hydroxyl groups is 1. The van der Waals surface area contributed by atoms with Gasteiger partial charge in [-0.1, -0.05) is 6.92 Å². The van der Waals surface area contributed by atoms with Gasteiger partial charge in [-0.25, -0.2) is 0 Å². The summed E-state index contributed by atoms with van der Waals surface area (Å²) in [6.07, 6.45) is -3.89. The Morgan fingerprint density at radius 3 is 2.54 bits per heavy atom. The molecule has 5 nitrogen and oxygen atoms in total. The van der Waals surface area contributed by atoms with E-state index in [0.29, 0.717) is 17.5 Å². The topological polar surface area (TPSA) is 79.2 Å². The molecule has 1 aromatic heterocycles. The molecule has 9 heteroatoms. The number of fused-ring (bicyclic) bond motifs is 1. The number of hydrogen-bond acceptors (Lipinski definition) is 4. The zero-order valence-corrected chi connectivity index (χ0v) is 13.9. The van der Waals surface area contributed by atoms with Crippen LogP contribution in [0.2, 0.25) is 0 Å². The van der Waals surface area contributed by atoms with Gasteiger partial charge in [-0.3, -0.25) is 10.1 Å². The van der Waals surface area contributed by atoms with Crippen LogP contribution < -0.4 is 0 Å². The number of nitro groups is 1. The van der Waals surface area contributed by atoms with E-state index in [2.05, 4.69) is 4.98 Å². The molecule has 132 valence electrons. The third kappa shape index (κ3) is 3.84. The monoisotopic (exact) mass is 362 g/mol. The average molecular weight is 362 g/mol. The number of nitrogens with zero attached hydrogens (tertiary/aromatic N) is 1. The van der Waals surface area contributed by atoms with E-state index >= 15 is 0 Å². The van der Waals surface area contributed by atoms with E-state index in [9.17, 15) is 28.4 Å². The Bertz CT molecular complexity index is 756. The van der Waals surface area contributed by atoms with Gasteiger partial charge < -0.3 is 10.1 Å². The van der Waals surface area contributed by atoms with Gasteiger partial charge in [-0.05, 0) is 31.2 Å². The van der Waals surface area contributed by atoms with Crippen LogP contribution in [0.4, 0.5) is 18.9 Å². The molecule has 0 aliphatic carbocycles. The second-order valence-corrected chi connectivity index (χ2v) is 6.83. The Morgan fingerprint density at radius 2 is 2.00 bits per heavy atom. The summed E-state index contributed by atoms with van der Waals surface area (Å²) in [5.74, 6) is 1.21. The van der Waals surface area contributed by atoms with Gasteiger partial charge >= 0.3 is 6.18 Å². The summed E-state index contributed by atoms with van der Waals surface area (Å²) in [7, 11) is 0. The molecule has 2 N–H and O–H groups in total. The van der Waals surface area contributed by atoms with Gasteiger partial charge in [0.15, 0.2) is 0 Å². The van der Waals surface area contributed by atoms with Crippen molar-refractivity contribution in [3.05, 3.63) is 39.6 Å². The summed E-state index contributed by atoms with van der Waals surface area (Å²) in [5.41, 5.74) is -3.15. The first kappa shape index (κ1) is 18.6. The SMILES string of the molecule is CCCSC[C@@](C)(O)c1cc2cc([N+](=O)[O-])c(C(F)(F)F)cc2[nH]1. The van der Waals surface area contributed by atoms with Crippen molar-refractivity contribution < 1.29 is 23.2 Å². The number of thioether (sulfide) groups is 1. The highest BCUT2D eigenvalue weighted by molar-refractivity contribution is 7.99. The van der Waals surface area contributed by atoms with Gasteiger partial charge in [-0.15, -0.1) is 0 Å². The Balaban J connectivity index is 2.49. The van der Waals surface area contributed by atoms with Crippen LogP contribution >= 0.6 is 11.8 Å². The molecular weight excluding hydrogens is 345 g/mol. The van der Waals surface area contributed by atoms with Crippen LogP contribution in [0.1, 0.15) is 31.5 Å². The van der Waals surface area contributed by atoms with Crippen LogP contribution in [0, 0.1) is 10.1 Å². The van der Waals surface area contributed by atoms with E-state index in [-0.39, 0.29) is 10.9 Å². The number of alkyl halides is 3. The van der Waals surface area contributed by atoms with E-state index in [1.165, 1.54) is 17.8 Å². The lowest BCUT2D eigenvalue weighted by atomic mass is 10.1. The second-order valence-electron chi connectivity index (χ2n) is 5.72. The molecule has 0 bridgehead atoms. The zero-order valence-electron chi connectivity index (χ0n) is 13.1. The molecule has 1 heterocycles. The van der Waals surface area contributed by atoms with Gasteiger partial charge in [0, 0.05) is 28.4 Å². The number of benzene rings is 1. The zero-order chi connectivity index (χ0) is 18.1. The van der Waals surface area contributed by atoms with Crippen LogP contribution in [-0.2, 0) is 11.8 Å². The normalized spacial score (nSPS) is 14.8. The molecule has 1 aromatic carbocycles. The van der Waals surface area contributed by atoms with Crippen molar-refractivity contribution in [2.45, 2.75) is 32.0 Å². The van der Waals surface area contributed by atoms with Crippen molar-refractivity contribution in [1.29, 1.82) is 0 Å². The molecule has 0 radical (unpaired) electrons. The lowest BCUT2D eigenvalue weighted by Gasteiger charge is -2.21. The Labute approximate surface area is 140 Å². The number of aromatic nitrogens is 1. The molecule has 1 atom stereocenters. The number of nitro benzene ring substituents is 1. The fourth-order valence-corrected chi connectivity index (χ4v) is 3.32. The molecule has 0 unspecified atom stereocenters. The number of H-pyrrole nitrogens is 1. The van der Waals surface area contributed by atoms with Gasteiger partial charge in [0.05, 0.1) is 4.92 Å². The van der Waals surface area contributed by atoms with Gasteiger partial charge in [0.25, 0.3) is 5.69 Å². The van der Waals surface area contributed by atoms with Crippen molar-refractivity contribution in [2.24, 2.45) is 0 Å². The molecular formula is C15H17F3N2O3S. The van der Waals surface area contributed by atoms with Crippen molar-refractivity contribution in [1.82, 2.24) is 4.98 Å². The predicted molar refractivity (Wildman–Crippen MR) is 87.1 cm³/mol. The van der Waals surface area contributed by atoms with Crippen LogP contribution in [0.3, 0.4) is 0 Å². The van der Waals surface area contributed by atoms with Gasteiger partial charge in [0.1, 0.15) is 11.2 Å². The van der Waals surface area contributed by atoms with Gasteiger partial charge in [-0.2, -0.15) is 24.9 Å². The third-order valence-electron chi connectivity index (χ3n) is 3.55. The first-order valence-corrected chi connectivity index (χ1v) is 8.40. The predicted octanol–water partition coefficient (Wildman–Crippen LogP) is 4.45. The van der Waals surface area contributed by atoms with Crippen molar-refractivity contribution >= 4 is 28.4 Å². The standard InChI is InChI=1S/C15H17F3N2O3S/c1-3-4-24-8-14(2,21)13-6-9-5-12(20(22)23)10(15(16,17)18)7-11(9)19-13/h5-7,19,21H,3-4,8H2,1-2H3/t14-/m1/s1. The molecule has 0 saturated carbocycles.